The minimum Gasteiger partial charge on any atom is -0.355 e. The molecule has 0 unspecified atom stereocenters. The molecule has 102 valence electrons. The Morgan fingerprint density at radius 2 is 1.79 bits per heavy atom. The van der Waals surface area contributed by atoms with Crippen LogP contribution in [0.5, 0.6) is 0 Å². The summed E-state index contributed by atoms with van der Waals surface area (Å²) in [5.41, 5.74) is 0.807. The van der Waals surface area contributed by atoms with Crippen molar-refractivity contribution in [3.8, 4) is 0 Å². The highest BCUT2D eigenvalue weighted by atomic mass is 16.2. The van der Waals surface area contributed by atoms with Crippen LogP contribution in [-0.4, -0.2) is 35.8 Å². The predicted octanol–water partition coefficient (Wildman–Crippen LogP) is -1.05. The highest BCUT2D eigenvalue weighted by Gasteiger charge is 2.11. The van der Waals surface area contributed by atoms with Crippen molar-refractivity contribution in [3.63, 3.8) is 0 Å². The van der Waals surface area contributed by atoms with Gasteiger partial charge in [0.2, 0.25) is 5.91 Å². The topological polar surface area (TPSA) is 100 Å². The molecule has 0 atom stereocenters. The first kappa shape index (κ1) is 14.6. The lowest BCUT2D eigenvalue weighted by Crippen LogP contribution is -2.42. The first-order chi connectivity index (χ1) is 9.09. The number of pyridine rings is 1. The summed E-state index contributed by atoms with van der Waals surface area (Å²) in [6, 6.07) is 3.54. The molecule has 3 amide bonds. The molecule has 0 aromatic carbocycles. The Morgan fingerprint density at radius 1 is 1.11 bits per heavy atom. The number of carbonyl (C=O) groups is 3. The largest absolute Gasteiger partial charge is 0.355 e. The quantitative estimate of drug-likeness (QED) is 0.466. The number of hydrogen-bond acceptors (Lipinski definition) is 4. The number of nitrogens with zero attached hydrogens (tertiary/aromatic N) is 1. The van der Waals surface area contributed by atoms with Gasteiger partial charge in [0.25, 0.3) is 0 Å². The van der Waals surface area contributed by atoms with Crippen molar-refractivity contribution in [1.82, 2.24) is 20.9 Å². The fourth-order valence-corrected chi connectivity index (χ4v) is 1.26. The number of rotatable bonds is 5. The van der Waals surface area contributed by atoms with Crippen molar-refractivity contribution >= 4 is 17.7 Å². The third kappa shape index (κ3) is 6.16. The Balaban J connectivity index is 2.22. The Morgan fingerprint density at radius 3 is 2.42 bits per heavy atom. The minimum absolute atomic E-state index is 0.185. The monoisotopic (exact) mass is 264 g/mol. The molecule has 7 nitrogen and oxygen atoms in total. The molecule has 19 heavy (non-hydrogen) atoms. The van der Waals surface area contributed by atoms with Crippen LogP contribution in [0.2, 0.25) is 0 Å². The third-order valence-corrected chi connectivity index (χ3v) is 2.17. The van der Waals surface area contributed by atoms with E-state index in [1.807, 2.05) is 0 Å². The normalized spacial score (nSPS) is 9.53. The van der Waals surface area contributed by atoms with Gasteiger partial charge in [-0.15, -0.1) is 0 Å². The van der Waals surface area contributed by atoms with E-state index >= 15 is 0 Å². The summed E-state index contributed by atoms with van der Waals surface area (Å²) in [7, 11) is 0. The van der Waals surface area contributed by atoms with Crippen LogP contribution >= 0.6 is 0 Å². The van der Waals surface area contributed by atoms with Crippen LogP contribution in [0.1, 0.15) is 12.5 Å². The Hall–Kier alpha value is -2.44. The molecule has 0 aliphatic rings. The van der Waals surface area contributed by atoms with E-state index in [9.17, 15) is 14.4 Å². The van der Waals surface area contributed by atoms with Gasteiger partial charge in [-0.2, -0.15) is 0 Å². The maximum absolute atomic E-state index is 11.4. The Bertz CT molecular complexity index is 448. The maximum Gasteiger partial charge on any atom is 0.309 e. The van der Waals surface area contributed by atoms with Gasteiger partial charge in [0.15, 0.2) is 0 Å². The van der Waals surface area contributed by atoms with Crippen molar-refractivity contribution in [3.05, 3.63) is 30.1 Å². The lowest BCUT2D eigenvalue weighted by Gasteiger charge is -2.06. The lowest BCUT2D eigenvalue weighted by molar-refractivity contribution is -0.139. The molecule has 0 saturated heterocycles. The SMILES string of the molecule is CC(=O)NCCNC(=O)C(=O)NCc1cccnc1. The van der Waals surface area contributed by atoms with E-state index in [0.29, 0.717) is 0 Å². The predicted molar refractivity (Wildman–Crippen MR) is 67.8 cm³/mol. The molecule has 1 rings (SSSR count). The van der Waals surface area contributed by atoms with Crippen LogP contribution in [0.15, 0.2) is 24.5 Å². The van der Waals surface area contributed by atoms with E-state index in [0.717, 1.165) is 5.56 Å². The Kier molecular flexibility index (Phi) is 6.00. The maximum atomic E-state index is 11.4. The zero-order chi connectivity index (χ0) is 14.1. The number of aromatic nitrogens is 1. The van der Waals surface area contributed by atoms with Gasteiger partial charge in [-0.1, -0.05) is 6.07 Å². The Labute approximate surface area is 110 Å². The zero-order valence-electron chi connectivity index (χ0n) is 10.6. The van der Waals surface area contributed by atoms with Crippen molar-refractivity contribution in [2.75, 3.05) is 13.1 Å². The standard InChI is InChI=1S/C12H16N4O3/c1-9(17)14-5-6-15-11(18)12(19)16-8-10-3-2-4-13-7-10/h2-4,7H,5-6,8H2,1H3,(H,14,17)(H,15,18)(H,16,19). The molecule has 3 N–H and O–H groups in total. The zero-order valence-corrected chi connectivity index (χ0v) is 10.6. The third-order valence-electron chi connectivity index (χ3n) is 2.17. The molecule has 1 heterocycles. The molecule has 0 aliphatic heterocycles. The van der Waals surface area contributed by atoms with Crippen molar-refractivity contribution in [2.24, 2.45) is 0 Å². The molecular formula is C12H16N4O3. The summed E-state index contributed by atoms with van der Waals surface area (Å²) >= 11 is 0. The molecule has 0 fully saturated rings. The van der Waals surface area contributed by atoms with Crippen molar-refractivity contribution < 1.29 is 14.4 Å². The summed E-state index contributed by atoms with van der Waals surface area (Å²) < 4.78 is 0. The molecule has 0 radical (unpaired) electrons. The van der Waals surface area contributed by atoms with Gasteiger partial charge in [0, 0.05) is 39.0 Å². The molecule has 1 aromatic rings. The van der Waals surface area contributed by atoms with Crippen LogP contribution in [0.4, 0.5) is 0 Å². The van der Waals surface area contributed by atoms with E-state index in [1.54, 1.807) is 24.5 Å². The average Bonchev–Trinajstić information content (AvgIpc) is 2.41. The number of hydrogen-bond donors (Lipinski definition) is 3. The number of carbonyl (C=O) groups excluding carboxylic acids is 3. The first-order valence-corrected chi connectivity index (χ1v) is 5.79. The first-order valence-electron chi connectivity index (χ1n) is 5.79. The summed E-state index contributed by atoms with van der Waals surface area (Å²) in [6.07, 6.45) is 3.23. The summed E-state index contributed by atoms with van der Waals surface area (Å²) in [5.74, 6) is -1.63. The fraction of sp³-hybridized carbons (Fsp3) is 0.333. The number of amides is 3. The van der Waals surface area contributed by atoms with Gasteiger partial charge >= 0.3 is 11.8 Å². The van der Waals surface area contributed by atoms with Crippen LogP contribution in [-0.2, 0) is 20.9 Å². The molecular weight excluding hydrogens is 248 g/mol. The van der Waals surface area contributed by atoms with Crippen molar-refractivity contribution in [1.29, 1.82) is 0 Å². The van der Waals surface area contributed by atoms with E-state index < -0.39 is 11.8 Å². The second kappa shape index (κ2) is 7.80. The summed E-state index contributed by atoms with van der Waals surface area (Å²) in [4.78, 5) is 37.2. The number of nitrogens with one attached hydrogen (secondary N) is 3. The van der Waals surface area contributed by atoms with E-state index in [-0.39, 0.29) is 25.5 Å². The smallest absolute Gasteiger partial charge is 0.309 e. The molecule has 0 bridgehead atoms. The van der Waals surface area contributed by atoms with Crippen molar-refractivity contribution in [2.45, 2.75) is 13.5 Å². The van der Waals surface area contributed by atoms with E-state index in [4.69, 9.17) is 0 Å². The average molecular weight is 264 g/mol. The van der Waals surface area contributed by atoms with Gasteiger partial charge in [0.05, 0.1) is 0 Å². The van der Waals surface area contributed by atoms with Gasteiger partial charge < -0.3 is 16.0 Å². The molecule has 0 spiro atoms. The van der Waals surface area contributed by atoms with E-state index in [2.05, 4.69) is 20.9 Å². The molecule has 0 saturated carbocycles. The highest BCUT2D eigenvalue weighted by molar-refractivity contribution is 6.35. The van der Waals surface area contributed by atoms with Crippen LogP contribution in [0.25, 0.3) is 0 Å². The van der Waals surface area contributed by atoms with Gasteiger partial charge in [-0.05, 0) is 11.6 Å². The van der Waals surface area contributed by atoms with E-state index in [1.165, 1.54) is 6.92 Å². The molecule has 1 aromatic heterocycles. The second-order valence-electron chi connectivity index (χ2n) is 3.78. The summed E-state index contributed by atoms with van der Waals surface area (Å²) in [6.45, 7) is 2.11. The fourth-order valence-electron chi connectivity index (χ4n) is 1.26. The minimum atomic E-state index is -0.728. The van der Waals surface area contributed by atoms with Gasteiger partial charge in [-0.3, -0.25) is 19.4 Å². The van der Waals surface area contributed by atoms with Crippen LogP contribution < -0.4 is 16.0 Å². The summed E-state index contributed by atoms with van der Waals surface area (Å²) in [5, 5.41) is 7.37. The van der Waals surface area contributed by atoms with Gasteiger partial charge in [0.1, 0.15) is 0 Å². The van der Waals surface area contributed by atoms with Gasteiger partial charge in [-0.25, -0.2) is 0 Å². The second-order valence-corrected chi connectivity index (χ2v) is 3.78. The van der Waals surface area contributed by atoms with Crippen LogP contribution in [0.3, 0.4) is 0 Å². The lowest BCUT2D eigenvalue weighted by atomic mass is 10.3. The molecule has 0 aliphatic carbocycles. The molecule has 7 heteroatoms. The van der Waals surface area contributed by atoms with Crippen LogP contribution in [0, 0.1) is 0 Å². The highest BCUT2D eigenvalue weighted by Crippen LogP contribution is 1.93.